The van der Waals surface area contributed by atoms with Gasteiger partial charge in [0.05, 0.1) is 16.7 Å². The molecule has 360 valence electrons. The molecule has 2 aliphatic heterocycles. The molecule has 1 saturated carbocycles. The number of carboxylic acid groups (broad SMARTS) is 2. The highest BCUT2D eigenvalue weighted by atomic mass is 35.5. The van der Waals surface area contributed by atoms with Crippen molar-refractivity contribution >= 4 is 85.1 Å². The van der Waals surface area contributed by atoms with Crippen LogP contribution in [0.2, 0.25) is 5.02 Å². The minimum Gasteiger partial charge on any atom is -0.479 e. The first-order valence-electron chi connectivity index (χ1n) is 22.4. The molecule has 0 radical (unpaired) electrons. The Morgan fingerprint density at radius 1 is 0.941 bits per heavy atom. The molecular weight excluding hydrogens is 932 g/mol. The van der Waals surface area contributed by atoms with Crippen LogP contribution in [0.15, 0.2) is 84.9 Å². The predicted molar refractivity (Wildman–Crippen MR) is 263 cm³/mol. The average Bonchev–Trinajstić information content (AvgIpc) is 3.65. The molecule has 2 amide bonds. The minimum atomic E-state index is -3.65. The molecule has 3 aliphatic rings. The number of piperidine rings is 1. The van der Waals surface area contributed by atoms with Crippen molar-refractivity contribution < 1.29 is 47.3 Å². The predicted octanol–water partition coefficient (Wildman–Crippen LogP) is 7.03. The highest BCUT2D eigenvalue weighted by molar-refractivity contribution is 7.88. The molecular formula is C49H55ClN6O10S2. The van der Waals surface area contributed by atoms with Gasteiger partial charge in [-0.1, -0.05) is 66.2 Å². The molecule has 7 N–H and O–H groups in total. The van der Waals surface area contributed by atoms with E-state index < -0.39 is 34.6 Å². The van der Waals surface area contributed by atoms with Gasteiger partial charge in [-0.2, -0.15) is 4.31 Å². The Balaban J connectivity index is 0.957. The van der Waals surface area contributed by atoms with Gasteiger partial charge in [0.2, 0.25) is 15.9 Å². The number of carbonyl (C=O) groups excluding carboxylic acids is 3. The average molecular weight is 988 g/mol. The quantitative estimate of drug-likeness (QED) is 0.0361. The molecule has 4 aromatic carbocycles. The molecule has 19 heteroatoms. The molecule has 8 rings (SSSR count). The van der Waals surface area contributed by atoms with Crippen molar-refractivity contribution in [3.63, 3.8) is 0 Å². The van der Waals surface area contributed by atoms with E-state index in [1.165, 1.54) is 11.9 Å². The lowest BCUT2D eigenvalue weighted by Crippen LogP contribution is -2.64. The van der Waals surface area contributed by atoms with Gasteiger partial charge in [-0.3, -0.25) is 9.59 Å². The number of nitrogens with one attached hydrogen (secondary N) is 3. The van der Waals surface area contributed by atoms with Crippen LogP contribution in [0.25, 0.3) is 21.2 Å². The summed E-state index contributed by atoms with van der Waals surface area (Å²) < 4.78 is 34.8. The third-order valence-electron chi connectivity index (χ3n) is 12.7. The number of nitrogens with zero attached hydrogens (tertiary/aromatic N) is 2. The third-order valence-corrected chi connectivity index (χ3v) is 16.3. The van der Waals surface area contributed by atoms with E-state index in [9.17, 15) is 37.5 Å². The first-order chi connectivity index (χ1) is 32.6. The normalized spacial score (nSPS) is 17.6. The Labute approximate surface area is 403 Å². The molecule has 0 spiro atoms. The Hall–Kier alpha value is -6.05. The highest BCUT2D eigenvalue weighted by Crippen LogP contribution is 2.47. The van der Waals surface area contributed by atoms with E-state index in [1.54, 1.807) is 29.6 Å². The number of likely N-dealkylation sites (N-methyl/N-ethyl adjacent to an activating group) is 1. The van der Waals surface area contributed by atoms with E-state index in [0.717, 1.165) is 45.5 Å². The summed E-state index contributed by atoms with van der Waals surface area (Å²) in [5.74, 6) is -3.37. The largest absolute Gasteiger partial charge is 0.479 e. The number of ether oxygens (including phenoxy) is 1. The first kappa shape index (κ1) is 49.8. The number of anilines is 2. The number of carbonyl (C=O) groups is 5. The number of carboxylic acids is 2. The molecule has 3 fully saturated rings. The van der Waals surface area contributed by atoms with Crippen LogP contribution in [0.3, 0.4) is 0 Å². The number of rotatable bonds is 23. The van der Waals surface area contributed by atoms with Crippen LogP contribution >= 0.6 is 22.9 Å². The molecule has 16 nitrogen and oxygen atoms in total. The Morgan fingerprint density at radius 3 is 2.35 bits per heavy atom. The zero-order valence-electron chi connectivity index (χ0n) is 37.7. The summed E-state index contributed by atoms with van der Waals surface area (Å²) in [6.07, 6.45) is 4.40. The molecule has 4 atom stereocenters. The van der Waals surface area contributed by atoms with E-state index >= 15 is 0 Å². The van der Waals surface area contributed by atoms with Gasteiger partial charge in [0.25, 0.3) is 5.91 Å². The number of nitrogens with two attached hydrogens (primary N) is 1. The summed E-state index contributed by atoms with van der Waals surface area (Å²) in [4.78, 5) is 62.2. The van der Waals surface area contributed by atoms with Gasteiger partial charge < -0.3 is 46.3 Å². The first-order valence-corrected chi connectivity index (χ1v) is 25.2. The summed E-state index contributed by atoms with van der Waals surface area (Å²) in [5.41, 5.74) is 10.5. The zero-order valence-corrected chi connectivity index (χ0v) is 40.0. The maximum absolute atomic E-state index is 13.9. The van der Waals surface area contributed by atoms with Crippen molar-refractivity contribution in [3.05, 3.63) is 112 Å². The fourth-order valence-electron chi connectivity index (χ4n) is 9.46. The van der Waals surface area contributed by atoms with E-state index in [1.807, 2.05) is 66.7 Å². The van der Waals surface area contributed by atoms with Crippen LogP contribution in [0.4, 0.5) is 11.4 Å². The van der Waals surface area contributed by atoms with E-state index in [-0.39, 0.29) is 70.1 Å². The Bertz CT molecular complexity index is 2790. The summed E-state index contributed by atoms with van der Waals surface area (Å²) >= 11 is 7.42. The molecule has 5 aromatic rings. The smallest absolute Gasteiger partial charge is 0.349 e. The van der Waals surface area contributed by atoms with Crippen LogP contribution in [0, 0.1) is 0 Å². The van der Waals surface area contributed by atoms with Gasteiger partial charge in [-0.25, -0.2) is 18.0 Å². The number of thiophene rings is 1. The van der Waals surface area contributed by atoms with Crippen molar-refractivity contribution in [1.29, 1.82) is 0 Å². The van der Waals surface area contributed by atoms with Crippen LogP contribution in [0.5, 0.6) is 5.75 Å². The van der Waals surface area contributed by atoms with Crippen LogP contribution in [-0.2, 0) is 30.2 Å². The molecule has 3 heterocycles. The molecule has 1 aromatic heterocycles. The summed E-state index contributed by atoms with van der Waals surface area (Å²) in [6, 6.07) is 25.1. The lowest BCUT2D eigenvalue weighted by Gasteiger charge is -2.54. The second kappa shape index (κ2) is 21.9. The van der Waals surface area contributed by atoms with Crippen molar-refractivity contribution in [1.82, 2.24) is 14.5 Å². The van der Waals surface area contributed by atoms with Crippen LogP contribution < -0.4 is 26.4 Å². The molecule has 1 aliphatic carbocycles. The highest BCUT2D eigenvalue weighted by Gasteiger charge is 2.51. The second-order valence-corrected chi connectivity index (χ2v) is 20.5. The number of sulfonamides is 1. The zero-order chi connectivity index (χ0) is 48.7. The van der Waals surface area contributed by atoms with E-state index in [2.05, 4.69) is 16.0 Å². The summed E-state index contributed by atoms with van der Waals surface area (Å²) in [6.45, 7) is 0.280. The fraction of sp³-hybridized carbons (Fsp3) is 0.367. The SMILES string of the molecule is CNC(=O)CCC(C=O)N(C)C(=O)c1cccc2c(C(CCN)CCNc3cccc(CS(=O)(=O)N4C5CC(Nc6cccc(-c7sc(C(=O)O)c(OCC(=O)O)c7Cl)c6)CC4C5)c3)cccc12. The molecule has 4 unspecified atom stereocenters. The van der Waals surface area contributed by atoms with Gasteiger partial charge in [0.15, 0.2) is 17.2 Å². The molecule has 2 bridgehead atoms. The lowest BCUT2D eigenvalue weighted by molar-refractivity contribution is -0.139. The van der Waals surface area contributed by atoms with Gasteiger partial charge >= 0.3 is 11.9 Å². The number of benzene rings is 4. The lowest BCUT2D eigenvalue weighted by atomic mass is 9.79. The topological polar surface area (TPSA) is 238 Å². The number of halogens is 1. The fourth-order valence-corrected chi connectivity index (χ4v) is 12.9. The van der Waals surface area contributed by atoms with Gasteiger partial charge in [0, 0.05) is 62.1 Å². The van der Waals surface area contributed by atoms with Crippen LogP contribution in [0.1, 0.15) is 82.0 Å². The maximum Gasteiger partial charge on any atom is 0.349 e. The standard InChI is InChI=1S/C49H55ClN6O10S2/c1-52-42(58)16-15-35(26-57)55(2)48(61)41-14-6-12-39-38(11-5-13-40(39)41)30(17-19-51)18-20-53-32-9-3-7-29(21-32)28-68(64,65)56-36-23-34(24-37(56)25-36)54-33-10-4-8-31(22-33)46-44(50)45(66-27-43(59)60)47(67-46)49(62)63/h3-14,21-22,26,30,34-37,53-54H,15-20,23-25,27-28,51H2,1-2H3,(H,52,58)(H,59,60)(H,62,63). The van der Waals surface area contributed by atoms with Crippen LogP contribution in [-0.4, -0.2) is 116 Å². The van der Waals surface area contributed by atoms with E-state index in [4.69, 9.17) is 27.2 Å². The number of hydrogen-bond acceptors (Lipinski definition) is 12. The number of aldehydes is 1. The van der Waals surface area contributed by atoms with Crippen molar-refractivity contribution in [2.75, 3.05) is 44.4 Å². The number of aromatic carboxylic acids is 1. The van der Waals surface area contributed by atoms with Gasteiger partial charge in [-0.05, 0) is 109 Å². The molecule has 68 heavy (non-hydrogen) atoms. The summed E-state index contributed by atoms with van der Waals surface area (Å²) in [5, 5.41) is 30.0. The van der Waals surface area contributed by atoms with Crippen molar-refractivity contribution in [2.45, 2.75) is 80.8 Å². The van der Waals surface area contributed by atoms with Crippen molar-refractivity contribution in [2.24, 2.45) is 5.73 Å². The molecule has 2 saturated heterocycles. The second-order valence-electron chi connectivity index (χ2n) is 17.2. The van der Waals surface area contributed by atoms with E-state index in [0.29, 0.717) is 66.6 Å². The van der Waals surface area contributed by atoms with Gasteiger partial charge in [-0.15, -0.1) is 11.3 Å². The van der Waals surface area contributed by atoms with Crippen molar-refractivity contribution in [3.8, 4) is 16.2 Å². The number of amides is 2. The monoisotopic (exact) mass is 986 g/mol. The maximum atomic E-state index is 13.9. The summed E-state index contributed by atoms with van der Waals surface area (Å²) in [7, 11) is -0.549. The number of aliphatic carboxylic acids is 1. The van der Waals surface area contributed by atoms with Gasteiger partial charge in [0.1, 0.15) is 11.3 Å². The third kappa shape index (κ3) is 11.3. The Kier molecular flexibility index (Phi) is 16.1. The Morgan fingerprint density at radius 2 is 1.65 bits per heavy atom. The number of fused-ring (bicyclic) bond motifs is 3. The minimum absolute atomic E-state index is 0.00696. The number of hydrogen-bond donors (Lipinski definition) is 6.